The van der Waals surface area contributed by atoms with E-state index in [1.807, 2.05) is 0 Å². The minimum atomic E-state index is -4.66. The molecule has 0 aromatic heterocycles. The lowest BCUT2D eigenvalue weighted by Crippen LogP contribution is -2.49. The Kier molecular flexibility index (Phi) is 8.83. The van der Waals surface area contributed by atoms with Gasteiger partial charge in [-0.3, -0.25) is 14.9 Å². The van der Waals surface area contributed by atoms with E-state index in [-0.39, 0.29) is 30.4 Å². The van der Waals surface area contributed by atoms with Crippen LogP contribution in [-0.2, 0) is 4.79 Å². The Labute approximate surface area is 180 Å². The Morgan fingerprint density at radius 1 is 1.19 bits per heavy atom. The highest BCUT2D eigenvalue weighted by atomic mass is 19.4. The van der Waals surface area contributed by atoms with E-state index >= 15 is 0 Å². The zero-order chi connectivity index (χ0) is 23.0. The van der Waals surface area contributed by atoms with Gasteiger partial charge in [0.05, 0.1) is 12.1 Å². The monoisotopic (exact) mass is 439 g/mol. The van der Waals surface area contributed by atoms with Crippen LogP contribution in [-0.4, -0.2) is 61.7 Å². The summed E-state index contributed by atoms with van der Waals surface area (Å²) in [7, 11) is 0. The van der Waals surface area contributed by atoms with Crippen LogP contribution in [0.3, 0.4) is 0 Å². The number of rotatable bonds is 8. The number of hydrogen-bond donors (Lipinski definition) is 3. The van der Waals surface area contributed by atoms with Crippen LogP contribution in [0.4, 0.5) is 13.2 Å². The largest absolute Gasteiger partial charge is 0.407 e. The van der Waals surface area contributed by atoms with Crippen molar-refractivity contribution in [1.82, 2.24) is 20.9 Å². The highest BCUT2D eigenvalue weighted by Crippen LogP contribution is 2.33. The molecule has 1 aromatic rings. The molecule has 1 heterocycles. The van der Waals surface area contributed by atoms with Crippen LogP contribution in [0.15, 0.2) is 24.3 Å². The van der Waals surface area contributed by atoms with Gasteiger partial charge in [-0.25, -0.2) is 0 Å². The van der Waals surface area contributed by atoms with Gasteiger partial charge < -0.3 is 15.5 Å². The van der Waals surface area contributed by atoms with Crippen molar-refractivity contribution in [3.8, 4) is 6.07 Å². The van der Waals surface area contributed by atoms with Gasteiger partial charge in [-0.2, -0.15) is 18.4 Å². The zero-order valence-electron chi connectivity index (χ0n) is 17.6. The number of amides is 2. The summed E-state index contributed by atoms with van der Waals surface area (Å²) in [5.74, 6) is -0.925. The molecule has 1 aliphatic rings. The van der Waals surface area contributed by atoms with Crippen molar-refractivity contribution >= 4 is 11.8 Å². The van der Waals surface area contributed by atoms with E-state index in [0.717, 1.165) is 0 Å². The molecule has 10 heteroatoms. The Morgan fingerprint density at radius 3 is 2.32 bits per heavy atom. The molecule has 0 spiro atoms. The van der Waals surface area contributed by atoms with E-state index in [1.54, 1.807) is 24.8 Å². The third-order valence-corrected chi connectivity index (χ3v) is 4.96. The number of halogens is 3. The highest BCUT2D eigenvalue weighted by Gasteiger charge is 2.43. The lowest BCUT2D eigenvalue weighted by Gasteiger charge is -2.29. The standard InChI is InChI=1S/C21H28F3N5O2/c1-14(2)13-17(19(30)27-8-7-25)28-18(21(22,23)24)15-3-5-16(6-4-15)20(31)29-11-9-26-10-12-29/h3-6,14,17-18,26,28H,8-13H2,1-2H3,(H,27,30)/t17-,18?/m0/s1. The summed E-state index contributed by atoms with van der Waals surface area (Å²) in [6, 6.07) is 3.82. The van der Waals surface area contributed by atoms with Crippen LogP contribution in [0.1, 0.15) is 42.2 Å². The van der Waals surface area contributed by atoms with Gasteiger partial charge in [-0.1, -0.05) is 26.0 Å². The second kappa shape index (κ2) is 11.1. The second-order valence-corrected chi connectivity index (χ2v) is 7.86. The first-order chi connectivity index (χ1) is 14.6. The van der Waals surface area contributed by atoms with Crippen LogP contribution in [0.2, 0.25) is 0 Å². The Hall–Kier alpha value is -2.64. The molecule has 0 bridgehead atoms. The predicted molar refractivity (Wildman–Crippen MR) is 109 cm³/mol. The summed E-state index contributed by atoms with van der Waals surface area (Å²) >= 11 is 0. The lowest BCUT2D eigenvalue weighted by molar-refractivity contribution is -0.161. The molecule has 170 valence electrons. The number of carbonyl (C=O) groups excluding carboxylic acids is 2. The number of nitriles is 1. The van der Waals surface area contributed by atoms with Gasteiger partial charge in [0.15, 0.2) is 0 Å². The molecule has 1 saturated heterocycles. The molecule has 1 aliphatic heterocycles. The Bertz CT molecular complexity index is 784. The second-order valence-electron chi connectivity index (χ2n) is 7.86. The molecule has 3 N–H and O–H groups in total. The summed E-state index contributed by atoms with van der Waals surface area (Å²) < 4.78 is 41.5. The number of alkyl halides is 3. The van der Waals surface area contributed by atoms with Crippen LogP contribution >= 0.6 is 0 Å². The number of nitrogens with one attached hydrogen (secondary N) is 3. The maximum absolute atomic E-state index is 13.8. The third kappa shape index (κ3) is 7.22. The molecule has 1 fully saturated rings. The van der Waals surface area contributed by atoms with E-state index in [0.29, 0.717) is 31.7 Å². The topological polar surface area (TPSA) is 97.3 Å². The summed E-state index contributed by atoms with van der Waals surface area (Å²) in [6.07, 6.45) is -4.49. The fraction of sp³-hybridized carbons (Fsp3) is 0.571. The molecule has 1 aromatic carbocycles. The van der Waals surface area contributed by atoms with E-state index in [2.05, 4.69) is 16.0 Å². The van der Waals surface area contributed by atoms with Crippen molar-refractivity contribution in [1.29, 1.82) is 5.26 Å². The number of nitrogens with zero attached hydrogens (tertiary/aromatic N) is 2. The van der Waals surface area contributed by atoms with Crippen LogP contribution in [0.5, 0.6) is 0 Å². The fourth-order valence-corrected chi connectivity index (χ4v) is 3.42. The minimum Gasteiger partial charge on any atom is -0.342 e. The first-order valence-corrected chi connectivity index (χ1v) is 10.2. The summed E-state index contributed by atoms with van der Waals surface area (Å²) in [5, 5.41) is 16.5. The Morgan fingerprint density at radius 2 is 1.81 bits per heavy atom. The van der Waals surface area contributed by atoms with Gasteiger partial charge in [-0.15, -0.1) is 0 Å². The SMILES string of the molecule is CC(C)C[C@H](NC(c1ccc(C(=O)N2CCNCC2)cc1)C(F)(F)F)C(=O)NCC#N. The minimum absolute atomic E-state index is 0.0433. The van der Waals surface area contributed by atoms with Crippen molar-refractivity contribution in [3.05, 3.63) is 35.4 Å². The molecule has 2 atom stereocenters. The van der Waals surface area contributed by atoms with Gasteiger partial charge in [0.1, 0.15) is 12.6 Å². The van der Waals surface area contributed by atoms with Gasteiger partial charge >= 0.3 is 6.18 Å². The number of piperazine rings is 1. The molecular weight excluding hydrogens is 411 g/mol. The van der Waals surface area contributed by atoms with E-state index < -0.39 is 24.2 Å². The lowest BCUT2D eigenvalue weighted by atomic mass is 9.98. The number of hydrogen-bond acceptors (Lipinski definition) is 5. The number of benzene rings is 1. The first kappa shape index (κ1) is 24.6. The van der Waals surface area contributed by atoms with E-state index in [4.69, 9.17) is 5.26 Å². The van der Waals surface area contributed by atoms with Crippen LogP contribution in [0, 0.1) is 17.2 Å². The quantitative estimate of drug-likeness (QED) is 0.538. The predicted octanol–water partition coefficient (Wildman–Crippen LogP) is 1.98. The molecule has 7 nitrogen and oxygen atoms in total. The molecule has 0 saturated carbocycles. The Balaban J connectivity index is 2.21. The van der Waals surface area contributed by atoms with Gasteiger partial charge in [-0.05, 0) is 30.0 Å². The van der Waals surface area contributed by atoms with E-state index in [1.165, 1.54) is 24.3 Å². The van der Waals surface area contributed by atoms with Crippen molar-refractivity contribution in [2.75, 3.05) is 32.7 Å². The first-order valence-electron chi connectivity index (χ1n) is 10.2. The molecule has 1 unspecified atom stereocenters. The van der Waals surface area contributed by atoms with Crippen molar-refractivity contribution in [2.45, 2.75) is 38.5 Å². The fourth-order valence-electron chi connectivity index (χ4n) is 3.42. The van der Waals surface area contributed by atoms with Gasteiger partial charge in [0, 0.05) is 31.7 Å². The average Bonchev–Trinajstić information content (AvgIpc) is 2.74. The smallest absolute Gasteiger partial charge is 0.342 e. The van der Waals surface area contributed by atoms with E-state index in [9.17, 15) is 22.8 Å². The van der Waals surface area contributed by atoms with Crippen molar-refractivity contribution in [2.24, 2.45) is 5.92 Å². The van der Waals surface area contributed by atoms with Crippen molar-refractivity contribution < 1.29 is 22.8 Å². The molecule has 2 amide bonds. The molecule has 2 rings (SSSR count). The van der Waals surface area contributed by atoms with Gasteiger partial charge in [0.2, 0.25) is 5.91 Å². The molecule has 31 heavy (non-hydrogen) atoms. The third-order valence-electron chi connectivity index (χ3n) is 4.96. The molecular formula is C21H28F3N5O2. The normalized spacial score (nSPS) is 16.5. The highest BCUT2D eigenvalue weighted by molar-refractivity contribution is 5.94. The molecule has 0 radical (unpaired) electrons. The van der Waals surface area contributed by atoms with Crippen LogP contribution < -0.4 is 16.0 Å². The van der Waals surface area contributed by atoms with Gasteiger partial charge in [0.25, 0.3) is 5.91 Å². The zero-order valence-corrected chi connectivity index (χ0v) is 17.6. The summed E-state index contributed by atoms with van der Waals surface area (Å²) in [6.45, 7) is 5.75. The van der Waals surface area contributed by atoms with Crippen LogP contribution in [0.25, 0.3) is 0 Å². The summed E-state index contributed by atoms with van der Waals surface area (Å²) in [5.41, 5.74) is 0.225. The average molecular weight is 439 g/mol. The van der Waals surface area contributed by atoms with Crippen molar-refractivity contribution in [3.63, 3.8) is 0 Å². The maximum atomic E-state index is 13.8. The molecule has 0 aliphatic carbocycles. The summed E-state index contributed by atoms with van der Waals surface area (Å²) in [4.78, 5) is 26.5. The number of carbonyl (C=O) groups is 2. The maximum Gasteiger partial charge on any atom is 0.407 e.